The summed E-state index contributed by atoms with van der Waals surface area (Å²) in [6.07, 6.45) is 3.61. The Balaban J connectivity index is 1.89. The second-order valence-corrected chi connectivity index (χ2v) is 6.90. The molecule has 0 aliphatic heterocycles. The second-order valence-electron chi connectivity index (χ2n) is 6.90. The Morgan fingerprint density at radius 3 is 2.59 bits per heavy atom. The molecule has 0 radical (unpaired) electrons. The van der Waals surface area contributed by atoms with Gasteiger partial charge in [0.15, 0.2) is 18.1 Å². The number of ether oxygens (including phenoxy) is 3. The lowest BCUT2D eigenvalue weighted by Crippen LogP contribution is -2.24. The van der Waals surface area contributed by atoms with Crippen molar-refractivity contribution in [2.45, 2.75) is 40.5 Å². The van der Waals surface area contributed by atoms with Crippen LogP contribution in [0.2, 0.25) is 0 Å². The fraction of sp³-hybridized carbons (Fsp3) is 0.391. The van der Waals surface area contributed by atoms with Crippen molar-refractivity contribution in [3.63, 3.8) is 0 Å². The highest BCUT2D eigenvalue weighted by atomic mass is 16.5. The number of carbonyl (C=O) groups excluding carboxylic acids is 1. The molecule has 6 heteroatoms. The highest BCUT2D eigenvalue weighted by Crippen LogP contribution is 2.27. The van der Waals surface area contributed by atoms with Crippen molar-refractivity contribution in [3.8, 4) is 17.2 Å². The van der Waals surface area contributed by atoms with E-state index in [2.05, 4.69) is 23.5 Å². The van der Waals surface area contributed by atoms with Crippen LogP contribution >= 0.6 is 0 Å². The van der Waals surface area contributed by atoms with Crippen LogP contribution < -0.4 is 19.6 Å². The minimum Gasteiger partial charge on any atom is -0.493 e. The average Bonchev–Trinajstić information content (AvgIpc) is 2.70. The van der Waals surface area contributed by atoms with Crippen molar-refractivity contribution in [2.24, 2.45) is 5.10 Å². The first-order valence-corrected chi connectivity index (χ1v) is 9.78. The molecule has 0 saturated heterocycles. The maximum absolute atomic E-state index is 12.0. The van der Waals surface area contributed by atoms with Crippen molar-refractivity contribution in [2.75, 3.05) is 20.3 Å². The predicted molar refractivity (Wildman–Crippen MR) is 115 cm³/mol. The third kappa shape index (κ3) is 6.82. The van der Waals surface area contributed by atoms with E-state index in [0.29, 0.717) is 23.9 Å². The SMILES string of the molecule is CCCCOc1ccc(/C=N/NC(=O)COc2cc(C)cc(C)c2C)cc1OC. The van der Waals surface area contributed by atoms with Crippen LogP contribution in [0, 0.1) is 20.8 Å². The Morgan fingerprint density at radius 1 is 1.07 bits per heavy atom. The van der Waals surface area contributed by atoms with Gasteiger partial charge in [0.05, 0.1) is 19.9 Å². The number of unbranched alkanes of at least 4 members (excludes halogenated alkanes) is 1. The van der Waals surface area contributed by atoms with Crippen molar-refractivity contribution in [1.29, 1.82) is 0 Å². The summed E-state index contributed by atoms with van der Waals surface area (Å²) in [5.41, 5.74) is 6.52. The quantitative estimate of drug-likeness (QED) is 0.367. The van der Waals surface area contributed by atoms with Crippen molar-refractivity contribution >= 4 is 12.1 Å². The molecule has 2 rings (SSSR count). The minimum absolute atomic E-state index is 0.103. The normalized spacial score (nSPS) is 10.8. The van der Waals surface area contributed by atoms with Crippen LogP contribution in [-0.2, 0) is 4.79 Å². The highest BCUT2D eigenvalue weighted by molar-refractivity contribution is 5.83. The summed E-state index contributed by atoms with van der Waals surface area (Å²) in [5, 5.41) is 3.99. The molecule has 0 bridgehead atoms. The average molecular weight is 399 g/mol. The van der Waals surface area contributed by atoms with Crippen LogP contribution in [0.5, 0.6) is 17.2 Å². The molecule has 0 saturated carbocycles. The topological polar surface area (TPSA) is 69.2 Å². The lowest BCUT2D eigenvalue weighted by Gasteiger charge is -2.11. The van der Waals surface area contributed by atoms with E-state index in [4.69, 9.17) is 14.2 Å². The molecule has 29 heavy (non-hydrogen) atoms. The van der Waals surface area contributed by atoms with Crippen LogP contribution in [0.1, 0.15) is 42.0 Å². The number of methoxy groups -OCH3 is 1. The fourth-order valence-corrected chi connectivity index (χ4v) is 2.72. The van der Waals surface area contributed by atoms with Gasteiger partial charge in [-0.3, -0.25) is 4.79 Å². The van der Waals surface area contributed by atoms with E-state index in [1.54, 1.807) is 13.3 Å². The molecular formula is C23H30N2O4. The number of amides is 1. The van der Waals surface area contributed by atoms with E-state index in [0.717, 1.165) is 35.1 Å². The molecule has 0 unspecified atom stereocenters. The number of nitrogens with one attached hydrogen (secondary N) is 1. The van der Waals surface area contributed by atoms with Crippen molar-refractivity contribution < 1.29 is 19.0 Å². The molecule has 0 aliphatic carbocycles. The molecule has 2 aromatic carbocycles. The van der Waals surface area contributed by atoms with Gasteiger partial charge in [0, 0.05) is 0 Å². The summed E-state index contributed by atoms with van der Waals surface area (Å²) in [6, 6.07) is 9.51. The van der Waals surface area contributed by atoms with Crippen LogP contribution in [0.15, 0.2) is 35.4 Å². The molecule has 0 spiro atoms. The molecule has 156 valence electrons. The van der Waals surface area contributed by atoms with E-state index in [1.807, 2.05) is 45.0 Å². The molecule has 6 nitrogen and oxygen atoms in total. The third-order valence-electron chi connectivity index (χ3n) is 4.47. The molecule has 2 aromatic rings. The Kier molecular flexibility index (Phi) is 8.52. The molecule has 0 heterocycles. The number of rotatable bonds is 10. The molecule has 0 atom stereocenters. The van der Waals surface area contributed by atoms with Gasteiger partial charge >= 0.3 is 0 Å². The number of benzene rings is 2. The summed E-state index contributed by atoms with van der Waals surface area (Å²) in [6.45, 7) is 8.66. The molecule has 0 aliphatic rings. The minimum atomic E-state index is -0.328. The summed E-state index contributed by atoms with van der Waals surface area (Å²) in [5.74, 6) is 1.71. The third-order valence-corrected chi connectivity index (χ3v) is 4.47. The molecule has 0 aromatic heterocycles. The monoisotopic (exact) mass is 398 g/mol. The van der Waals surface area contributed by atoms with Gasteiger partial charge in [-0.2, -0.15) is 5.10 Å². The number of hydrazone groups is 1. The van der Waals surface area contributed by atoms with Gasteiger partial charge in [-0.25, -0.2) is 5.43 Å². The molecule has 1 amide bonds. The van der Waals surface area contributed by atoms with Gasteiger partial charge in [0.25, 0.3) is 5.91 Å². The Morgan fingerprint density at radius 2 is 1.86 bits per heavy atom. The van der Waals surface area contributed by atoms with E-state index in [1.165, 1.54) is 0 Å². The Bertz CT molecular complexity index is 862. The Hall–Kier alpha value is -3.02. The smallest absolute Gasteiger partial charge is 0.277 e. The van der Waals surface area contributed by atoms with Crippen LogP contribution in [0.3, 0.4) is 0 Å². The number of hydrogen-bond acceptors (Lipinski definition) is 5. The number of hydrogen-bond donors (Lipinski definition) is 1. The first-order chi connectivity index (χ1) is 13.9. The van der Waals surface area contributed by atoms with Gasteiger partial charge in [-0.05, 0) is 73.7 Å². The highest BCUT2D eigenvalue weighted by Gasteiger charge is 2.08. The second kappa shape index (κ2) is 11.1. The van der Waals surface area contributed by atoms with Crippen LogP contribution in [-0.4, -0.2) is 32.4 Å². The zero-order chi connectivity index (χ0) is 21.2. The van der Waals surface area contributed by atoms with E-state index < -0.39 is 0 Å². The Labute approximate surface area is 172 Å². The van der Waals surface area contributed by atoms with Gasteiger partial charge in [-0.1, -0.05) is 19.4 Å². The summed E-state index contributed by atoms with van der Waals surface area (Å²) < 4.78 is 16.7. The van der Waals surface area contributed by atoms with E-state index in [9.17, 15) is 4.79 Å². The van der Waals surface area contributed by atoms with E-state index in [-0.39, 0.29) is 12.5 Å². The van der Waals surface area contributed by atoms with Gasteiger partial charge in [-0.15, -0.1) is 0 Å². The first kappa shape index (κ1) is 22.3. The van der Waals surface area contributed by atoms with Gasteiger partial charge in [0.1, 0.15) is 5.75 Å². The fourth-order valence-electron chi connectivity index (χ4n) is 2.72. The van der Waals surface area contributed by atoms with Gasteiger partial charge < -0.3 is 14.2 Å². The molecule has 1 N–H and O–H groups in total. The zero-order valence-electron chi connectivity index (χ0n) is 17.9. The number of nitrogens with zero attached hydrogens (tertiary/aromatic N) is 1. The standard InChI is InChI=1S/C23H30N2O4/c1-6-7-10-28-20-9-8-19(13-22(20)27-5)14-24-25-23(26)15-29-21-12-16(2)11-17(3)18(21)4/h8-9,11-14H,6-7,10,15H2,1-5H3,(H,25,26)/b24-14+. The van der Waals surface area contributed by atoms with Crippen molar-refractivity contribution in [3.05, 3.63) is 52.6 Å². The number of aryl methyl sites for hydroxylation is 2. The van der Waals surface area contributed by atoms with Crippen LogP contribution in [0.25, 0.3) is 0 Å². The number of carbonyl (C=O) groups is 1. The van der Waals surface area contributed by atoms with E-state index >= 15 is 0 Å². The maximum atomic E-state index is 12.0. The summed E-state index contributed by atoms with van der Waals surface area (Å²) in [7, 11) is 1.59. The molecular weight excluding hydrogens is 368 g/mol. The largest absolute Gasteiger partial charge is 0.493 e. The predicted octanol–water partition coefficient (Wildman–Crippen LogP) is 4.33. The summed E-state index contributed by atoms with van der Waals surface area (Å²) >= 11 is 0. The lowest BCUT2D eigenvalue weighted by molar-refractivity contribution is -0.123. The first-order valence-electron chi connectivity index (χ1n) is 9.78. The summed E-state index contributed by atoms with van der Waals surface area (Å²) in [4.78, 5) is 12.0. The van der Waals surface area contributed by atoms with Crippen LogP contribution in [0.4, 0.5) is 0 Å². The lowest BCUT2D eigenvalue weighted by atomic mass is 10.1. The zero-order valence-corrected chi connectivity index (χ0v) is 17.9. The van der Waals surface area contributed by atoms with Gasteiger partial charge in [0.2, 0.25) is 0 Å². The maximum Gasteiger partial charge on any atom is 0.277 e. The molecule has 0 fully saturated rings. The van der Waals surface area contributed by atoms with Crippen molar-refractivity contribution in [1.82, 2.24) is 5.43 Å².